The Hall–Kier alpha value is -0.500. The molecule has 0 amide bonds. The number of hydrogen-bond acceptors (Lipinski definition) is 1. The van der Waals surface area contributed by atoms with Gasteiger partial charge in [-0.25, -0.2) is 0 Å². The molecule has 0 unspecified atom stereocenters. The summed E-state index contributed by atoms with van der Waals surface area (Å²) < 4.78 is 1.15. The zero-order valence-electron chi connectivity index (χ0n) is 9.81. The Labute approximate surface area is 101 Å². The Balaban J connectivity index is 2.57. The molecule has 0 atom stereocenters. The lowest BCUT2D eigenvalue weighted by Crippen LogP contribution is -2.12. The number of nitrogens with one attached hydrogen (secondary N) is 1. The lowest BCUT2D eigenvalue weighted by molar-refractivity contribution is 0.519. The standard InChI is InChI=1S/C13H20BrN/c1-4-11(5-2)9-15-13-7-10(3)6-12(14)8-13/h6-8,11,15H,4-5,9H2,1-3H3. The second kappa shape index (κ2) is 6.16. The summed E-state index contributed by atoms with van der Waals surface area (Å²) >= 11 is 3.51. The van der Waals surface area contributed by atoms with Crippen LogP contribution in [0.3, 0.4) is 0 Å². The molecule has 2 heteroatoms. The molecule has 1 nitrogen and oxygen atoms in total. The molecule has 0 saturated heterocycles. The topological polar surface area (TPSA) is 12.0 Å². The number of aryl methyl sites for hydroxylation is 1. The van der Waals surface area contributed by atoms with Gasteiger partial charge in [0.1, 0.15) is 0 Å². The largest absolute Gasteiger partial charge is 0.385 e. The lowest BCUT2D eigenvalue weighted by atomic mass is 10.0. The van der Waals surface area contributed by atoms with Crippen molar-refractivity contribution < 1.29 is 0 Å². The van der Waals surface area contributed by atoms with E-state index in [1.165, 1.54) is 24.1 Å². The van der Waals surface area contributed by atoms with Gasteiger partial charge in [0.15, 0.2) is 0 Å². The first kappa shape index (κ1) is 12.6. The summed E-state index contributed by atoms with van der Waals surface area (Å²) in [5.74, 6) is 0.782. The third-order valence-electron chi connectivity index (χ3n) is 2.79. The Morgan fingerprint density at radius 2 is 1.87 bits per heavy atom. The maximum Gasteiger partial charge on any atom is 0.0354 e. The molecule has 1 N–H and O–H groups in total. The molecule has 1 rings (SSSR count). The van der Waals surface area contributed by atoms with E-state index in [0.29, 0.717) is 0 Å². The van der Waals surface area contributed by atoms with Crippen LogP contribution in [-0.2, 0) is 0 Å². The van der Waals surface area contributed by atoms with Gasteiger partial charge in [0.2, 0.25) is 0 Å². The quantitative estimate of drug-likeness (QED) is 0.824. The van der Waals surface area contributed by atoms with Gasteiger partial charge in [-0.2, -0.15) is 0 Å². The Morgan fingerprint density at radius 1 is 1.20 bits per heavy atom. The van der Waals surface area contributed by atoms with Crippen LogP contribution in [0.5, 0.6) is 0 Å². The van der Waals surface area contributed by atoms with E-state index >= 15 is 0 Å². The van der Waals surface area contributed by atoms with Crippen molar-refractivity contribution in [3.8, 4) is 0 Å². The van der Waals surface area contributed by atoms with E-state index in [1.54, 1.807) is 0 Å². The van der Waals surface area contributed by atoms with E-state index in [-0.39, 0.29) is 0 Å². The van der Waals surface area contributed by atoms with Gasteiger partial charge in [0, 0.05) is 16.7 Å². The minimum Gasteiger partial charge on any atom is -0.385 e. The highest BCUT2D eigenvalue weighted by Crippen LogP contribution is 2.19. The summed E-state index contributed by atoms with van der Waals surface area (Å²) in [6, 6.07) is 6.45. The molecule has 0 saturated carbocycles. The molecule has 0 fully saturated rings. The van der Waals surface area contributed by atoms with Crippen LogP contribution in [0.25, 0.3) is 0 Å². The van der Waals surface area contributed by atoms with Gasteiger partial charge in [-0.1, -0.05) is 42.6 Å². The van der Waals surface area contributed by atoms with Crippen LogP contribution in [0.1, 0.15) is 32.3 Å². The van der Waals surface area contributed by atoms with Crippen LogP contribution in [0, 0.1) is 12.8 Å². The van der Waals surface area contributed by atoms with Crippen LogP contribution >= 0.6 is 15.9 Å². The first-order valence-corrected chi connectivity index (χ1v) is 6.46. The minimum absolute atomic E-state index is 0.782. The summed E-state index contributed by atoms with van der Waals surface area (Å²) in [6.45, 7) is 7.69. The highest BCUT2D eigenvalue weighted by atomic mass is 79.9. The molecule has 1 aromatic rings. The van der Waals surface area contributed by atoms with Gasteiger partial charge >= 0.3 is 0 Å². The van der Waals surface area contributed by atoms with Gasteiger partial charge in [0.25, 0.3) is 0 Å². The first-order chi connectivity index (χ1) is 7.15. The van der Waals surface area contributed by atoms with Crippen LogP contribution in [-0.4, -0.2) is 6.54 Å². The van der Waals surface area contributed by atoms with Crippen molar-refractivity contribution in [1.82, 2.24) is 0 Å². The molecule has 15 heavy (non-hydrogen) atoms. The van der Waals surface area contributed by atoms with Crippen LogP contribution in [0.15, 0.2) is 22.7 Å². The van der Waals surface area contributed by atoms with Crippen molar-refractivity contribution in [2.75, 3.05) is 11.9 Å². The second-order valence-electron chi connectivity index (χ2n) is 4.08. The number of halogens is 1. The number of benzene rings is 1. The second-order valence-corrected chi connectivity index (χ2v) is 5.00. The van der Waals surface area contributed by atoms with Crippen LogP contribution < -0.4 is 5.32 Å². The zero-order valence-corrected chi connectivity index (χ0v) is 11.4. The van der Waals surface area contributed by atoms with Crippen molar-refractivity contribution >= 4 is 21.6 Å². The van der Waals surface area contributed by atoms with Crippen molar-refractivity contribution in [2.24, 2.45) is 5.92 Å². The fourth-order valence-corrected chi connectivity index (χ4v) is 2.29. The van der Waals surface area contributed by atoms with Gasteiger partial charge < -0.3 is 5.32 Å². The fourth-order valence-electron chi connectivity index (χ4n) is 1.68. The maximum absolute atomic E-state index is 3.51. The first-order valence-electron chi connectivity index (χ1n) is 5.66. The van der Waals surface area contributed by atoms with E-state index in [4.69, 9.17) is 0 Å². The van der Waals surface area contributed by atoms with E-state index in [9.17, 15) is 0 Å². The van der Waals surface area contributed by atoms with Gasteiger partial charge in [-0.3, -0.25) is 0 Å². The number of rotatable bonds is 5. The van der Waals surface area contributed by atoms with Crippen LogP contribution in [0.4, 0.5) is 5.69 Å². The fraction of sp³-hybridized carbons (Fsp3) is 0.538. The summed E-state index contributed by atoms with van der Waals surface area (Å²) in [4.78, 5) is 0. The van der Waals surface area contributed by atoms with Gasteiger partial charge in [-0.05, 0) is 36.6 Å². The predicted octanol–water partition coefficient (Wildman–Crippen LogP) is 4.61. The molecule has 84 valence electrons. The molecule has 0 aliphatic rings. The third-order valence-corrected chi connectivity index (χ3v) is 3.25. The molecule has 0 aliphatic carbocycles. The molecule has 0 aromatic heterocycles. The monoisotopic (exact) mass is 269 g/mol. The van der Waals surface area contributed by atoms with Gasteiger partial charge in [0.05, 0.1) is 0 Å². The average molecular weight is 270 g/mol. The zero-order chi connectivity index (χ0) is 11.3. The predicted molar refractivity (Wildman–Crippen MR) is 71.4 cm³/mol. The summed E-state index contributed by atoms with van der Waals surface area (Å²) in [5.41, 5.74) is 2.50. The van der Waals surface area contributed by atoms with Gasteiger partial charge in [-0.15, -0.1) is 0 Å². The maximum atomic E-state index is 3.51. The molecule has 0 spiro atoms. The highest BCUT2D eigenvalue weighted by molar-refractivity contribution is 9.10. The molecule has 0 heterocycles. The number of anilines is 1. The number of hydrogen-bond donors (Lipinski definition) is 1. The molecule has 1 aromatic carbocycles. The van der Waals surface area contributed by atoms with Crippen molar-refractivity contribution in [3.05, 3.63) is 28.2 Å². The van der Waals surface area contributed by atoms with E-state index in [1.807, 2.05) is 0 Å². The summed E-state index contributed by atoms with van der Waals surface area (Å²) in [6.07, 6.45) is 2.49. The Kier molecular flexibility index (Phi) is 5.16. The van der Waals surface area contributed by atoms with E-state index < -0.39 is 0 Å². The minimum atomic E-state index is 0.782. The van der Waals surface area contributed by atoms with E-state index in [2.05, 4.69) is 60.2 Å². The van der Waals surface area contributed by atoms with Crippen molar-refractivity contribution in [3.63, 3.8) is 0 Å². The normalized spacial score (nSPS) is 10.7. The van der Waals surface area contributed by atoms with Crippen LogP contribution in [0.2, 0.25) is 0 Å². The Bertz CT molecular complexity index is 285. The summed E-state index contributed by atoms with van der Waals surface area (Å²) in [7, 11) is 0. The molecule has 0 radical (unpaired) electrons. The lowest BCUT2D eigenvalue weighted by Gasteiger charge is -2.14. The molecule has 0 bridgehead atoms. The third kappa shape index (κ3) is 4.25. The smallest absolute Gasteiger partial charge is 0.0354 e. The van der Waals surface area contributed by atoms with Crippen molar-refractivity contribution in [2.45, 2.75) is 33.6 Å². The van der Waals surface area contributed by atoms with Crippen molar-refractivity contribution in [1.29, 1.82) is 0 Å². The Morgan fingerprint density at radius 3 is 2.40 bits per heavy atom. The summed E-state index contributed by atoms with van der Waals surface area (Å²) in [5, 5.41) is 3.50. The molecule has 0 aliphatic heterocycles. The highest BCUT2D eigenvalue weighted by Gasteiger charge is 2.03. The average Bonchev–Trinajstić information content (AvgIpc) is 2.18. The molecular weight excluding hydrogens is 250 g/mol. The molecular formula is C13H20BrN. The SMILES string of the molecule is CCC(CC)CNc1cc(C)cc(Br)c1. The van der Waals surface area contributed by atoms with E-state index in [0.717, 1.165) is 16.9 Å².